The molecule has 0 N–H and O–H groups in total. The lowest BCUT2D eigenvalue weighted by Crippen LogP contribution is -2.41. The molecule has 1 fully saturated rings. The first-order chi connectivity index (χ1) is 11.0. The van der Waals surface area contributed by atoms with Crippen LogP contribution in [0.5, 0.6) is 0 Å². The molecule has 1 heterocycles. The summed E-state index contributed by atoms with van der Waals surface area (Å²) >= 11 is 0. The molecule has 0 spiro atoms. The van der Waals surface area contributed by atoms with Crippen molar-refractivity contribution in [2.24, 2.45) is 0 Å². The lowest BCUT2D eigenvalue weighted by atomic mass is 10.0. The predicted molar refractivity (Wildman–Crippen MR) is 102 cm³/mol. The van der Waals surface area contributed by atoms with E-state index in [0.29, 0.717) is 0 Å². The Morgan fingerprint density at radius 2 is 1.62 bits per heavy atom. The van der Waals surface area contributed by atoms with E-state index in [-0.39, 0.29) is 17.2 Å². The topological polar surface area (TPSA) is 27.7 Å². The number of benzene rings is 1. The Bertz CT molecular complexity index is 519. The number of rotatable bonds is 6. The second-order valence-electron chi connectivity index (χ2n) is 8.80. The van der Waals surface area contributed by atoms with E-state index in [1.54, 1.807) is 0 Å². The van der Waals surface area contributed by atoms with Crippen molar-refractivity contribution in [2.45, 2.75) is 83.6 Å². The molecule has 1 aromatic carbocycles. The van der Waals surface area contributed by atoms with E-state index in [1.807, 2.05) is 19.9 Å². The summed E-state index contributed by atoms with van der Waals surface area (Å²) in [5.74, 6) is -0.513. The third kappa shape index (κ3) is 5.15. The predicted octanol–water partition coefficient (Wildman–Crippen LogP) is 5.16. The van der Waals surface area contributed by atoms with Gasteiger partial charge in [0, 0.05) is 13.0 Å². The highest BCUT2D eigenvalue weighted by atomic mass is 28.4. The van der Waals surface area contributed by atoms with Gasteiger partial charge in [-0.1, -0.05) is 51.1 Å². The first-order valence-electron chi connectivity index (χ1n) is 9.04. The molecular weight excluding hydrogens is 316 g/mol. The summed E-state index contributed by atoms with van der Waals surface area (Å²) in [6, 6.07) is 10.5. The summed E-state index contributed by atoms with van der Waals surface area (Å²) in [5, 5.41) is 0.239. The smallest absolute Gasteiger partial charge is 0.191 e. The molecule has 1 aliphatic heterocycles. The molecule has 0 aromatic heterocycles. The Morgan fingerprint density at radius 3 is 2.21 bits per heavy atom. The van der Waals surface area contributed by atoms with Gasteiger partial charge in [-0.25, -0.2) is 0 Å². The zero-order valence-corrected chi connectivity index (χ0v) is 17.4. The molecule has 1 aliphatic rings. The monoisotopic (exact) mass is 350 g/mol. The summed E-state index contributed by atoms with van der Waals surface area (Å²) < 4.78 is 18.6. The van der Waals surface area contributed by atoms with Crippen molar-refractivity contribution in [1.82, 2.24) is 0 Å². The normalized spacial score (nSPS) is 24.3. The fraction of sp³-hybridized carbons (Fsp3) is 0.700. The molecule has 0 saturated carbocycles. The molecule has 0 unspecified atom stereocenters. The Hall–Kier alpha value is -0.683. The van der Waals surface area contributed by atoms with E-state index >= 15 is 0 Å². The zero-order valence-electron chi connectivity index (χ0n) is 16.4. The van der Waals surface area contributed by atoms with Crippen LogP contribution in [-0.2, 0) is 20.3 Å². The SMILES string of the molecule is CC1(C)O[C@H](CCO[Si](C)(C)C(C)(C)C)[C@@H](Cc2ccccc2)O1. The maximum atomic E-state index is 6.33. The Morgan fingerprint density at radius 1 is 1.04 bits per heavy atom. The molecule has 1 saturated heterocycles. The van der Waals surface area contributed by atoms with E-state index in [4.69, 9.17) is 13.9 Å². The Kier molecular flexibility index (Phi) is 5.96. The van der Waals surface area contributed by atoms with Crippen LogP contribution in [0, 0.1) is 0 Å². The molecule has 0 aliphatic carbocycles. The van der Waals surface area contributed by atoms with Crippen LogP contribution in [-0.4, -0.2) is 32.9 Å². The summed E-state index contributed by atoms with van der Waals surface area (Å²) in [6.45, 7) is 16.2. The van der Waals surface area contributed by atoms with Gasteiger partial charge >= 0.3 is 0 Å². The van der Waals surface area contributed by atoms with Gasteiger partial charge in [-0.2, -0.15) is 0 Å². The minimum atomic E-state index is -1.71. The standard InChI is InChI=1S/C20H34O3Si/c1-19(2,3)24(6,7)21-14-13-17-18(23-20(4,5)22-17)15-16-11-9-8-10-12-16/h8-12,17-18H,13-15H2,1-7H3/t17-,18-/m1/s1. The summed E-state index contributed by atoms with van der Waals surface area (Å²) in [6.07, 6.45) is 1.94. The van der Waals surface area contributed by atoms with Crippen LogP contribution in [0.15, 0.2) is 30.3 Å². The second kappa shape index (κ2) is 7.28. The largest absolute Gasteiger partial charge is 0.417 e. The van der Waals surface area contributed by atoms with E-state index in [2.05, 4.69) is 58.1 Å². The fourth-order valence-electron chi connectivity index (χ4n) is 2.82. The lowest BCUT2D eigenvalue weighted by Gasteiger charge is -2.36. The molecule has 2 rings (SSSR count). The van der Waals surface area contributed by atoms with Crippen LogP contribution >= 0.6 is 0 Å². The van der Waals surface area contributed by atoms with Gasteiger partial charge in [-0.05, 0) is 44.0 Å². The quantitative estimate of drug-likeness (QED) is 0.663. The van der Waals surface area contributed by atoms with Gasteiger partial charge in [0.25, 0.3) is 0 Å². The molecule has 3 nitrogen and oxygen atoms in total. The van der Waals surface area contributed by atoms with Crippen LogP contribution in [0.4, 0.5) is 0 Å². The van der Waals surface area contributed by atoms with Crippen molar-refractivity contribution in [1.29, 1.82) is 0 Å². The van der Waals surface area contributed by atoms with Crippen LogP contribution in [0.1, 0.15) is 46.6 Å². The number of hydrogen-bond acceptors (Lipinski definition) is 3. The molecule has 0 amide bonds. The summed E-state index contributed by atoms with van der Waals surface area (Å²) in [5.41, 5.74) is 1.29. The van der Waals surface area contributed by atoms with E-state index < -0.39 is 14.1 Å². The lowest BCUT2D eigenvalue weighted by molar-refractivity contribution is -0.147. The number of hydrogen-bond donors (Lipinski definition) is 0. The minimum Gasteiger partial charge on any atom is -0.417 e. The summed E-state index contributed by atoms with van der Waals surface area (Å²) in [4.78, 5) is 0. The minimum absolute atomic E-state index is 0.0879. The van der Waals surface area contributed by atoms with Crippen LogP contribution in [0.25, 0.3) is 0 Å². The van der Waals surface area contributed by atoms with E-state index in [0.717, 1.165) is 19.4 Å². The molecule has 24 heavy (non-hydrogen) atoms. The molecule has 4 heteroatoms. The second-order valence-corrected chi connectivity index (χ2v) is 13.6. The fourth-order valence-corrected chi connectivity index (χ4v) is 3.88. The van der Waals surface area contributed by atoms with Crippen LogP contribution < -0.4 is 0 Å². The van der Waals surface area contributed by atoms with E-state index in [9.17, 15) is 0 Å². The highest BCUT2D eigenvalue weighted by Gasteiger charge is 2.42. The molecule has 136 valence electrons. The Labute approximate surface area is 148 Å². The number of ether oxygens (including phenoxy) is 2. The first-order valence-corrected chi connectivity index (χ1v) is 11.9. The van der Waals surface area contributed by atoms with Gasteiger partial charge in [0.05, 0.1) is 12.2 Å². The maximum absolute atomic E-state index is 6.33. The van der Waals surface area contributed by atoms with Crippen LogP contribution in [0.3, 0.4) is 0 Å². The van der Waals surface area contributed by atoms with Gasteiger partial charge in [-0.3, -0.25) is 0 Å². The van der Waals surface area contributed by atoms with Gasteiger partial charge < -0.3 is 13.9 Å². The van der Waals surface area contributed by atoms with Gasteiger partial charge in [0.2, 0.25) is 0 Å². The highest BCUT2D eigenvalue weighted by molar-refractivity contribution is 6.74. The molecule has 1 aromatic rings. The van der Waals surface area contributed by atoms with Crippen molar-refractivity contribution in [3.8, 4) is 0 Å². The molecule has 0 bridgehead atoms. The molecule has 2 atom stereocenters. The average Bonchev–Trinajstić information content (AvgIpc) is 2.72. The Balaban J connectivity index is 1.94. The van der Waals surface area contributed by atoms with Crippen molar-refractivity contribution in [3.63, 3.8) is 0 Å². The van der Waals surface area contributed by atoms with E-state index in [1.165, 1.54) is 5.56 Å². The van der Waals surface area contributed by atoms with Crippen molar-refractivity contribution < 1.29 is 13.9 Å². The maximum Gasteiger partial charge on any atom is 0.191 e. The van der Waals surface area contributed by atoms with Gasteiger partial charge in [0.1, 0.15) is 0 Å². The summed E-state index contributed by atoms with van der Waals surface area (Å²) in [7, 11) is -1.71. The third-order valence-corrected chi connectivity index (χ3v) is 9.77. The molecular formula is C20H34O3Si. The first kappa shape index (κ1) is 19.6. The molecule has 0 radical (unpaired) electrons. The zero-order chi connectivity index (χ0) is 18.0. The van der Waals surface area contributed by atoms with Crippen molar-refractivity contribution in [2.75, 3.05) is 6.61 Å². The average molecular weight is 351 g/mol. The van der Waals surface area contributed by atoms with Crippen molar-refractivity contribution in [3.05, 3.63) is 35.9 Å². The van der Waals surface area contributed by atoms with Crippen molar-refractivity contribution >= 4 is 8.32 Å². The highest BCUT2D eigenvalue weighted by Crippen LogP contribution is 2.37. The third-order valence-electron chi connectivity index (χ3n) is 5.24. The van der Waals surface area contributed by atoms with Crippen LogP contribution in [0.2, 0.25) is 18.1 Å². The van der Waals surface area contributed by atoms with Gasteiger partial charge in [0.15, 0.2) is 14.1 Å². The van der Waals surface area contributed by atoms with Gasteiger partial charge in [-0.15, -0.1) is 0 Å².